The average molecular weight is 451 g/mol. The summed E-state index contributed by atoms with van der Waals surface area (Å²) in [6.45, 7) is 3.53. The Balaban J connectivity index is 1.66. The van der Waals surface area contributed by atoms with Crippen molar-refractivity contribution < 1.29 is 28.2 Å². The van der Waals surface area contributed by atoms with Gasteiger partial charge in [-0.1, -0.05) is 6.07 Å². The van der Waals surface area contributed by atoms with E-state index in [0.717, 1.165) is 11.3 Å². The Morgan fingerprint density at radius 1 is 1.15 bits per heavy atom. The van der Waals surface area contributed by atoms with Crippen LogP contribution in [0, 0.1) is 25.2 Å². The third kappa shape index (κ3) is 5.36. The van der Waals surface area contributed by atoms with Crippen LogP contribution in [0.3, 0.4) is 0 Å². The molecule has 2 heterocycles. The van der Waals surface area contributed by atoms with Gasteiger partial charge in [0.05, 0.1) is 39.0 Å². The highest BCUT2D eigenvalue weighted by Crippen LogP contribution is 2.28. The number of nitriles is 1. The highest BCUT2D eigenvalue weighted by molar-refractivity contribution is 5.93. The number of benzene rings is 1. The molecule has 3 aromatic rings. The number of hydrogen-bond acceptors (Lipinski definition) is 7. The van der Waals surface area contributed by atoms with Crippen molar-refractivity contribution in [1.82, 2.24) is 4.57 Å². The number of hydrogen-bond donors (Lipinski definition) is 1. The predicted molar refractivity (Wildman–Crippen MR) is 119 cm³/mol. The third-order valence-electron chi connectivity index (χ3n) is 5.25. The zero-order valence-corrected chi connectivity index (χ0v) is 18.9. The largest absolute Gasteiger partial charge is 0.493 e. The molecule has 1 aromatic carbocycles. The summed E-state index contributed by atoms with van der Waals surface area (Å²) < 4.78 is 22.7. The molecule has 0 aliphatic heterocycles. The van der Waals surface area contributed by atoms with E-state index in [1.165, 1.54) is 14.2 Å². The lowest BCUT2D eigenvalue weighted by atomic mass is 10.1. The van der Waals surface area contributed by atoms with Gasteiger partial charge in [0, 0.05) is 5.69 Å². The van der Waals surface area contributed by atoms with Crippen LogP contribution in [-0.4, -0.2) is 37.3 Å². The van der Waals surface area contributed by atoms with Crippen molar-refractivity contribution in [3.8, 4) is 17.6 Å². The van der Waals surface area contributed by atoms with Gasteiger partial charge in [0.1, 0.15) is 17.6 Å². The number of furan rings is 1. The first-order chi connectivity index (χ1) is 15.9. The van der Waals surface area contributed by atoms with Crippen LogP contribution in [0.5, 0.6) is 11.5 Å². The number of carbonyl (C=O) groups excluding carboxylic acids is 2. The second-order valence-corrected chi connectivity index (χ2v) is 7.29. The van der Waals surface area contributed by atoms with Gasteiger partial charge in [-0.2, -0.15) is 5.26 Å². The number of nitrogens with one attached hydrogen (secondary N) is 1. The summed E-state index contributed by atoms with van der Waals surface area (Å²) in [7, 11) is 3.03. The number of rotatable bonds is 9. The Labute approximate surface area is 191 Å². The maximum atomic E-state index is 12.5. The maximum absolute atomic E-state index is 12.5. The molecule has 0 spiro atoms. The molecule has 0 atom stereocenters. The molecule has 0 aliphatic rings. The molecule has 33 heavy (non-hydrogen) atoms. The molecule has 0 fully saturated rings. The number of amides is 1. The Bertz CT molecular complexity index is 1190. The van der Waals surface area contributed by atoms with Gasteiger partial charge in [0.25, 0.3) is 5.91 Å². The lowest BCUT2D eigenvalue weighted by molar-refractivity contribution is -0.146. The van der Waals surface area contributed by atoms with Crippen LogP contribution >= 0.6 is 0 Å². The Morgan fingerprint density at radius 2 is 1.91 bits per heavy atom. The number of carbonyl (C=O) groups is 2. The van der Waals surface area contributed by atoms with E-state index >= 15 is 0 Å². The lowest BCUT2D eigenvalue weighted by Gasteiger charge is -2.12. The van der Waals surface area contributed by atoms with E-state index < -0.39 is 18.5 Å². The fourth-order valence-electron chi connectivity index (χ4n) is 3.41. The van der Waals surface area contributed by atoms with Crippen molar-refractivity contribution >= 4 is 17.7 Å². The minimum absolute atomic E-state index is 0.0375. The fourth-order valence-corrected chi connectivity index (χ4v) is 3.41. The van der Waals surface area contributed by atoms with Crippen LogP contribution in [0.15, 0.2) is 41.0 Å². The van der Waals surface area contributed by atoms with E-state index in [9.17, 15) is 14.9 Å². The van der Waals surface area contributed by atoms with Gasteiger partial charge >= 0.3 is 5.97 Å². The number of ether oxygens (including phenoxy) is 3. The summed E-state index contributed by atoms with van der Waals surface area (Å²) in [4.78, 5) is 24.8. The normalized spacial score (nSPS) is 10.4. The molecule has 3 rings (SSSR count). The first kappa shape index (κ1) is 23.5. The monoisotopic (exact) mass is 451 g/mol. The second kappa shape index (κ2) is 10.4. The summed E-state index contributed by atoms with van der Waals surface area (Å²) in [5, 5.41) is 12.3. The third-order valence-corrected chi connectivity index (χ3v) is 5.25. The number of esters is 1. The molecule has 0 aliphatic carbocycles. The van der Waals surface area contributed by atoms with E-state index in [1.807, 2.05) is 19.9 Å². The van der Waals surface area contributed by atoms with Crippen LogP contribution < -0.4 is 14.8 Å². The highest BCUT2D eigenvalue weighted by atomic mass is 16.5. The number of nitrogens with zero attached hydrogens (tertiary/aromatic N) is 2. The lowest BCUT2D eigenvalue weighted by Crippen LogP contribution is -2.23. The van der Waals surface area contributed by atoms with Crippen LogP contribution in [0.4, 0.5) is 5.82 Å². The van der Waals surface area contributed by atoms with Gasteiger partial charge in [-0.15, -0.1) is 0 Å². The van der Waals surface area contributed by atoms with E-state index in [1.54, 1.807) is 35.1 Å². The van der Waals surface area contributed by atoms with Crippen molar-refractivity contribution in [2.75, 3.05) is 26.1 Å². The standard InChI is InChI=1S/C24H25N3O6/c1-15-16(2)27(13-18-6-5-9-32-18)24(19(15)12-25)26-22(28)14-33-23(29)11-17-7-8-20(30-3)21(10-17)31-4/h5-10H,11,13-14H2,1-4H3,(H,26,28). The van der Waals surface area contributed by atoms with E-state index in [4.69, 9.17) is 18.6 Å². The van der Waals surface area contributed by atoms with E-state index in [0.29, 0.717) is 40.7 Å². The molecule has 172 valence electrons. The molecule has 0 radical (unpaired) electrons. The van der Waals surface area contributed by atoms with Crippen molar-refractivity contribution in [3.05, 3.63) is 64.7 Å². The van der Waals surface area contributed by atoms with Crippen LogP contribution in [0.2, 0.25) is 0 Å². The summed E-state index contributed by atoms with van der Waals surface area (Å²) in [5.74, 6) is 0.930. The number of methoxy groups -OCH3 is 2. The summed E-state index contributed by atoms with van der Waals surface area (Å²) >= 11 is 0. The van der Waals surface area contributed by atoms with Crippen molar-refractivity contribution in [1.29, 1.82) is 5.26 Å². The van der Waals surface area contributed by atoms with E-state index in [2.05, 4.69) is 11.4 Å². The van der Waals surface area contributed by atoms with Gasteiger partial charge < -0.3 is 28.5 Å². The summed E-state index contributed by atoms with van der Waals surface area (Å²) in [6.07, 6.45) is 1.52. The highest BCUT2D eigenvalue weighted by Gasteiger charge is 2.21. The average Bonchev–Trinajstić information content (AvgIpc) is 3.40. The minimum Gasteiger partial charge on any atom is -0.493 e. The zero-order chi connectivity index (χ0) is 24.0. The first-order valence-electron chi connectivity index (χ1n) is 10.2. The number of aromatic nitrogens is 1. The Hall–Kier alpha value is -4.19. The molecular weight excluding hydrogens is 426 g/mol. The van der Waals surface area contributed by atoms with Gasteiger partial charge in [0.2, 0.25) is 0 Å². The Kier molecular flexibility index (Phi) is 7.41. The van der Waals surface area contributed by atoms with Gasteiger partial charge in [-0.3, -0.25) is 9.59 Å². The topological polar surface area (TPSA) is 116 Å². The SMILES string of the molecule is COc1ccc(CC(=O)OCC(=O)Nc2c(C#N)c(C)c(C)n2Cc2ccco2)cc1OC. The molecule has 9 nitrogen and oxygen atoms in total. The minimum atomic E-state index is -0.573. The van der Waals surface area contributed by atoms with E-state index in [-0.39, 0.29) is 6.42 Å². The predicted octanol–water partition coefficient (Wildman–Crippen LogP) is 3.36. The zero-order valence-electron chi connectivity index (χ0n) is 18.9. The molecule has 1 N–H and O–H groups in total. The maximum Gasteiger partial charge on any atom is 0.310 e. The van der Waals surface area contributed by atoms with Crippen LogP contribution in [-0.2, 0) is 27.3 Å². The van der Waals surface area contributed by atoms with Gasteiger partial charge in [0.15, 0.2) is 18.1 Å². The number of anilines is 1. The van der Waals surface area contributed by atoms with Crippen molar-refractivity contribution in [2.45, 2.75) is 26.8 Å². The molecule has 9 heteroatoms. The smallest absolute Gasteiger partial charge is 0.310 e. The first-order valence-corrected chi connectivity index (χ1v) is 10.2. The molecule has 0 unspecified atom stereocenters. The van der Waals surface area contributed by atoms with Crippen molar-refractivity contribution in [2.24, 2.45) is 0 Å². The molecule has 1 amide bonds. The van der Waals surface area contributed by atoms with Crippen molar-refractivity contribution in [3.63, 3.8) is 0 Å². The molecule has 0 bridgehead atoms. The fraction of sp³-hybridized carbons (Fsp3) is 0.292. The van der Waals surface area contributed by atoms with Gasteiger partial charge in [-0.25, -0.2) is 0 Å². The molecule has 2 aromatic heterocycles. The Morgan fingerprint density at radius 3 is 2.55 bits per heavy atom. The second-order valence-electron chi connectivity index (χ2n) is 7.29. The molecule has 0 saturated carbocycles. The summed E-state index contributed by atoms with van der Waals surface area (Å²) in [5.41, 5.74) is 2.58. The van der Waals surface area contributed by atoms with Gasteiger partial charge in [-0.05, 0) is 49.2 Å². The molecule has 0 saturated heterocycles. The molecular formula is C24H25N3O6. The van der Waals surface area contributed by atoms with Crippen LogP contribution in [0.25, 0.3) is 0 Å². The summed E-state index contributed by atoms with van der Waals surface area (Å²) in [6, 6.07) is 10.8. The van der Waals surface area contributed by atoms with Crippen LogP contribution in [0.1, 0.15) is 28.1 Å². The quantitative estimate of drug-likeness (QED) is 0.496.